The lowest BCUT2D eigenvalue weighted by molar-refractivity contribution is -0.133. The molecule has 1 aromatic heterocycles. The lowest BCUT2D eigenvalue weighted by atomic mass is 10.2. The molecule has 0 spiro atoms. The minimum Gasteiger partial charge on any atom is -0.339 e. The van der Waals surface area contributed by atoms with Crippen molar-refractivity contribution in [2.75, 3.05) is 20.1 Å². The first-order chi connectivity index (χ1) is 12.2. The van der Waals surface area contributed by atoms with Crippen LogP contribution in [0.25, 0.3) is 0 Å². The van der Waals surface area contributed by atoms with Crippen molar-refractivity contribution in [1.82, 2.24) is 19.9 Å². The highest BCUT2D eigenvalue weighted by atomic mass is 16.5. The molecule has 1 aromatic carbocycles. The maximum atomic E-state index is 12.8. The Morgan fingerprint density at radius 3 is 2.84 bits per heavy atom. The van der Waals surface area contributed by atoms with Gasteiger partial charge in [-0.1, -0.05) is 35.5 Å². The standard InChI is InChI=1S/C19H24N4O2/c1-22(12-14-6-3-2-4-7-14)13-17(24)23-11-5-8-16(23)18-20-19(25-21-18)15-9-10-15/h2-4,6-7,15-16H,5,8-13H2,1H3/t16-/m1/s1. The van der Waals surface area contributed by atoms with E-state index in [1.165, 1.54) is 5.56 Å². The SMILES string of the molecule is CN(CC(=O)N1CCC[C@@H]1c1noc(C2CC2)n1)Cc1ccccc1. The van der Waals surface area contributed by atoms with Crippen molar-refractivity contribution in [3.8, 4) is 0 Å². The largest absolute Gasteiger partial charge is 0.339 e. The molecule has 6 heteroatoms. The van der Waals surface area contributed by atoms with E-state index < -0.39 is 0 Å². The monoisotopic (exact) mass is 340 g/mol. The number of carbonyl (C=O) groups excluding carboxylic acids is 1. The van der Waals surface area contributed by atoms with E-state index in [1.807, 2.05) is 30.1 Å². The van der Waals surface area contributed by atoms with E-state index in [-0.39, 0.29) is 11.9 Å². The Balaban J connectivity index is 1.38. The zero-order chi connectivity index (χ0) is 17.2. The van der Waals surface area contributed by atoms with E-state index in [2.05, 4.69) is 27.2 Å². The molecule has 1 aliphatic heterocycles. The van der Waals surface area contributed by atoms with Gasteiger partial charge in [0.25, 0.3) is 0 Å². The number of hydrogen-bond acceptors (Lipinski definition) is 5. The molecule has 2 aliphatic rings. The van der Waals surface area contributed by atoms with Gasteiger partial charge >= 0.3 is 0 Å². The predicted molar refractivity (Wildman–Crippen MR) is 92.7 cm³/mol. The van der Waals surface area contributed by atoms with Gasteiger partial charge in [0.05, 0.1) is 12.6 Å². The normalized spacial score (nSPS) is 20.4. The van der Waals surface area contributed by atoms with Crippen molar-refractivity contribution in [3.63, 3.8) is 0 Å². The van der Waals surface area contributed by atoms with Gasteiger partial charge in [0.2, 0.25) is 11.8 Å². The second-order valence-electron chi connectivity index (χ2n) is 7.17. The Morgan fingerprint density at radius 2 is 2.08 bits per heavy atom. The average molecular weight is 340 g/mol. The molecule has 0 unspecified atom stereocenters. The molecular formula is C19H24N4O2. The smallest absolute Gasteiger partial charge is 0.237 e. The molecule has 0 N–H and O–H groups in total. The third-order valence-electron chi connectivity index (χ3n) is 4.96. The van der Waals surface area contributed by atoms with Crippen LogP contribution in [0.1, 0.15) is 54.9 Å². The second kappa shape index (κ2) is 6.96. The summed E-state index contributed by atoms with van der Waals surface area (Å²) in [4.78, 5) is 21.3. The molecule has 1 saturated carbocycles. The van der Waals surface area contributed by atoms with Crippen LogP contribution < -0.4 is 0 Å². The van der Waals surface area contributed by atoms with Gasteiger partial charge in [-0.25, -0.2) is 0 Å². The molecule has 6 nitrogen and oxygen atoms in total. The van der Waals surface area contributed by atoms with E-state index in [9.17, 15) is 4.79 Å². The summed E-state index contributed by atoms with van der Waals surface area (Å²) in [6, 6.07) is 10.2. The molecular weight excluding hydrogens is 316 g/mol. The number of amides is 1. The van der Waals surface area contributed by atoms with Gasteiger partial charge in [-0.2, -0.15) is 4.98 Å². The summed E-state index contributed by atoms with van der Waals surface area (Å²) < 4.78 is 5.38. The molecule has 132 valence electrons. The van der Waals surface area contributed by atoms with Gasteiger partial charge in [0.15, 0.2) is 5.82 Å². The minimum atomic E-state index is -0.0334. The number of carbonyl (C=O) groups is 1. The van der Waals surface area contributed by atoms with Gasteiger partial charge in [-0.05, 0) is 38.3 Å². The van der Waals surface area contributed by atoms with Crippen LogP contribution in [0.4, 0.5) is 0 Å². The lowest BCUT2D eigenvalue weighted by Gasteiger charge is -2.25. The first kappa shape index (κ1) is 16.3. The highest BCUT2D eigenvalue weighted by Crippen LogP contribution is 2.40. The van der Waals surface area contributed by atoms with Crippen LogP contribution in [0, 0.1) is 0 Å². The van der Waals surface area contributed by atoms with Crippen molar-refractivity contribution in [2.24, 2.45) is 0 Å². The predicted octanol–water partition coefficient (Wildman–Crippen LogP) is 2.74. The molecule has 1 aliphatic carbocycles. The van der Waals surface area contributed by atoms with Gasteiger partial charge in [0.1, 0.15) is 0 Å². The molecule has 1 saturated heterocycles. The molecule has 2 aromatic rings. The molecule has 1 atom stereocenters. The van der Waals surface area contributed by atoms with E-state index in [1.54, 1.807) is 0 Å². The van der Waals surface area contributed by atoms with Crippen molar-refractivity contribution < 1.29 is 9.32 Å². The zero-order valence-corrected chi connectivity index (χ0v) is 14.6. The second-order valence-corrected chi connectivity index (χ2v) is 7.17. The highest BCUT2D eigenvalue weighted by molar-refractivity contribution is 5.79. The zero-order valence-electron chi connectivity index (χ0n) is 14.6. The summed E-state index contributed by atoms with van der Waals surface area (Å²) >= 11 is 0. The maximum absolute atomic E-state index is 12.8. The molecule has 0 bridgehead atoms. The first-order valence-electron chi connectivity index (χ1n) is 9.06. The van der Waals surface area contributed by atoms with Gasteiger partial charge in [-0.3, -0.25) is 9.69 Å². The summed E-state index contributed by atoms with van der Waals surface area (Å²) in [6.07, 6.45) is 4.18. The van der Waals surface area contributed by atoms with Crippen LogP contribution in [0.3, 0.4) is 0 Å². The number of hydrogen-bond donors (Lipinski definition) is 0. The summed E-state index contributed by atoms with van der Waals surface area (Å²) in [6.45, 7) is 1.94. The van der Waals surface area contributed by atoms with Crippen molar-refractivity contribution in [3.05, 3.63) is 47.6 Å². The quantitative estimate of drug-likeness (QED) is 0.809. The average Bonchev–Trinajstić information content (AvgIpc) is 3.14. The van der Waals surface area contributed by atoms with E-state index in [0.717, 1.165) is 44.7 Å². The Bertz CT molecular complexity index is 726. The highest BCUT2D eigenvalue weighted by Gasteiger charge is 2.36. The number of likely N-dealkylation sites (tertiary alicyclic amines) is 1. The van der Waals surface area contributed by atoms with Crippen molar-refractivity contribution >= 4 is 5.91 Å². The number of benzene rings is 1. The molecule has 1 amide bonds. The summed E-state index contributed by atoms with van der Waals surface area (Å²) in [5.41, 5.74) is 1.21. The van der Waals surface area contributed by atoms with E-state index >= 15 is 0 Å². The number of nitrogens with zero attached hydrogens (tertiary/aromatic N) is 4. The van der Waals surface area contributed by atoms with Crippen LogP contribution in [-0.2, 0) is 11.3 Å². The fourth-order valence-electron chi connectivity index (χ4n) is 3.49. The number of likely N-dealkylation sites (N-methyl/N-ethyl adjacent to an activating group) is 1. The summed E-state index contributed by atoms with van der Waals surface area (Å²) in [7, 11) is 1.98. The van der Waals surface area contributed by atoms with E-state index in [0.29, 0.717) is 18.3 Å². The van der Waals surface area contributed by atoms with Gasteiger partial charge < -0.3 is 9.42 Å². The fraction of sp³-hybridized carbons (Fsp3) is 0.526. The van der Waals surface area contributed by atoms with Crippen LogP contribution in [0.15, 0.2) is 34.9 Å². The fourth-order valence-corrected chi connectivity index (χ4v) is 3.49. The third kappa shape index (κ3) is 3.74. The van der Waals surface area contributed by atoms with Crippen LogP contribution in [0.5, 0.6) is 0 Å². The topological polar surface area (TPSA) is 62.5 Å². The summed E-state index contributed by atoms with van der Waals surface area (Å²) in [5, 5.41) is 4.15. The Hall–Kier alpha value is -2.21. The molecule has 4 rings (SSSR count). The van der Waals surface area contributed by atoms with Crippen molar-refractivity contribution in [1.29, 1.82) is 0 Å². The molecule has 25 heavy (non-hydrogen) atoms. The molecule has 0 radical (unpaired) electrons. The Kier molecular flexibility index (Phi) is 4.53. The summed E-state index contributed by atoms with van der Waals surface area (Å²) in [5.74, 6) is 2.01. The minimum absolute atomic E-state index is 0.0334. The molecule has 2 heterocycles. The van der Waals surface area contributed by atoms with Gasteiger partial charge in [0, 0.05) is 19.0 Å². The number of aromatic nitrogens is 2. The van der Waals surface area contributed by atoms with E-state index in [4.69, 9.17) is 4.52 Å². The Morgan fingerprint density at radius 1 is 1.28 bits per heavy atom. The lowest BCUT2D eigenvalue weighted by Crippen LogP contribution is -2.38. The van der Waals surface area contributed by atoms with Crippen molar-refractivity contribution in [2.45, 2.75) is 44.2 Å². The molecule has 2 fully saturated rings. The third-order valence-corrected chi connectivity index (χ3v) is 4.96. The number of rotatable bonds is 6. The Labute approximate surface area is 147 Å². The van der Waals surface area contributed by atoms with Crippen LogP contribution in [0.2, 0.25) is 0 Å². The van der Waals surface area contributed by atoms with Crippen LogP contribution in [-0.4, -0.2) is 46.0 Å². The van der Waals surface area contributed by atoms with Gasteiger partial charge in [-0.15, -0.1) is 0 Å². The van der Waals surface area contributed by atoms with Crippen LogP contribution >= 0.6 is 0 Å². The first-order valence-corrected chi connectivity index (χ1v) is 9.06. The maximum Gasteiger partial charge on any atom is 0.237 e.